The zero-order chi connectivity index (χ0) is 14.8. The molecule has 3 rings (SSSR count). The number of imide groups is 1. The van der Waals surface area contributed by atoms with Crippen molar-refractivity contribution in [3.63, 3.8) is 0 Å². The molecule has 6 nitrogen and oxygen atoms in total. The number of amides is 2. The van der Waals surface area contributed by atoms with E-state index >= 15 is 0 Å². The van der Waals surface area contributed by atoms with E-state index < -0.39 is 0 Å². The van der Waals surface area contributed by atoms with E-state index in [1.165, 1.54) is 0 Å². The number of aromatic nitrogens is 2. The number of hydrogen-bond acceptors (Lipinski definition) is 7. The van der Waals surface area contributed by atoms with Gasteiger partial charge in [-0.25, -0.2) is 0 Å². The van der Waals surface area contributed by atoms with Crippen LogP contribution < -0.4 is 5.73 Å². The van der Waals surface area contributed by atoms with Gasteiger partial charge in [-0.05, 0) is 23.4 Å². The topological polar surface area (TPSA) is 89.2 Å². The summed E-state index contributed by atoms with van der Waals surface area (Å²) < 4.78 is 0. The Morgan fingerprint density at radius 2 is 1.95 bits per heavy atom. The summed E-state index contributed by atoms with van der Waals surface area (Å²) in [5, 5.41) is 8.04. The maximum Gasteiger partial charge on any atom is 0.293 e. The molecule has 2 aromatic rings. The molecule has 0 radical (unpaired) electrons. The molecule has 1 fully saturated rings. The van der Waals surface area contributed by atoms with Gasteiger partial charge in [0.1, 0.15) is 5.01 Å². The zero-order valence-corrected chi connectivity index (χ0v) is 12.4. The summed E-state index contributed by atoms with van der Waals surface area (Å²) >= 11 is 2.09. The molecule has 106 valence electrons. The molecule has 0 spiro atoms. The van der Waals surface area contributed by atoms with Gasteiger partial charge < -0.3 is 5.73 Å². The minimum absolute atomic E-state index is 0.103. The highest BCUT2D eigenvalue weighted by molar-refractivity contribution is 8.18. The van der Waals surface area contributed by atoms with E-state index in [0.29, 0.717) is 15.0 Å². The minimum atomic E-state index is -0.317. The van der Waals surface area contributed by atoms with Crippen LogP contribution >= 0.6 is 23.1 Å². The third-order valence-corrected chi connectivity index (χ3v) is 4.39. The molecule has 2 amide bonds. The van der Waals surface area contributed by atoms with Crippen molar-refractivity contribution in [1.29, 1.82) is 0 Å². The van der Waals surface area contributed by atoms with Gasteiger partial charge in [-0.3, -0.25) is 14.5 Å². The Kier molecular flexibility index (Phi) is 3.72. The van der Waals surface area contributed by atoms with E-state index in [0.717, 1.165) is 33.6 Å². The Balaban J connectivity index is 1.81. The summed E-state index contributed by atoms with van der Waals surface area (Å²) in [4.78, 5) is 25.8. The van der Waals surface area contributed by atoms with Gasteiger partial charge in [0.05, 0.1) is 11.4 Å². The molecule has 0 unspecified atom stereocenters. The first-order valence-electron chi connectivity index (χ1n) is 6.02. The smallest absolute Gasteiger partial charge is 0.293 e. The number of carbonyl (C=O) groups excluding carboxylic acids is 2. The summed E-state index contributed by atoms with van der Waals surface area (Å²) in [5.74, 6) is -0.317. The minimum Gasteiger partial charge on any atom is -0.374 e. The highest BCUT2D eigenvalue weighted by Crippen LogP contribution is 2.33. The number of benzene rings is 1. The van der Waals surface area contributed by atoms with E-state index in [4.69, 9.17) is 5.73 Å². The lowest BCUT2D eigenvalue weighted by Crippen LogP contribution is -2.27. The molecule has 1 aliphatic heterocycles. The predicted molar refractivity (Wildman–Crippen MR) is 82.3 cm³/mol. The van der Waals surface area contributed by atoms with Crippen LogP contribution in [0.15, 0.2) is 35.2 Å². The van der Waals surface area contributed by atoms with Crippen molar-refractivity contribution in [2.75, 3.05) is 5.73 Å². The lowest BCUT2D eigenvalue weighted by atomic mass is 10.2. The number of nitrogens with two attached hydrogens (primary N) is 1. The zero-order valence-electron chi connectivity index (χ0n) is 10.7. The fourth-order valence-electron chi connectivity index (χ4n) is 1.80. The third-order valence-electron chi connectivity index (χ3n) is 2.75. The molecule has 0 aliphatic carbocycles. The predicted octanol–water partition coefficient (Wildman–Crippen LogP) is 2.36. The van der Waals surface area contributed by atoms with Crippen molar-refractivity contribution in [3.05, 3.63) is 45.8 Å². The fourth-order valence-corrected chi connectivity index (χ4v) is 3.24. The van der Waals surface area contributed by atoms with E-state index in [2.05, 4.69) is 10.2 Å². The average Bonchev–Trinajstić information content (AvgIpc) is 2.99. The molecule has 0 saturated carbocycles. The highest BCUT2D eigenvalue weighted by atomic mass is 32.2. The molecule has 1 saturated heterocycles. The lowest BCUT2D eigenvalue weighted by molar-refractivity contribution is -0.123. The molecular weight excluding hydrogens is 308 g/mol. The lowest BCUT2D eigenvalue weighted by Gasteiger charge is -2.08. The van der Waals surface area contributed by atoms with Gasteiger partial charge in [0.15, 0.2) is 0 Å². The summed E-state index contributed by atoms with van der Waals surface area (Å²) in [5.41, 5.74) is 6.37. The third kappa shape index (κ3) is 2.96. The molecule has 0 atom stereocenters. The van der Waals surface area contributed by atoms with Crippen LogP contribution in [0.4, 0.5) is 9.93 Å². The Morgan fingerprint density at radius 3 is 2.62 bits per heavy atom. The van der Waals surface area contributed by atoms with Crippen LogP contribution in [0.5, 0.6) is 0 Å². The summed E-state index contributed by atoms with van der Waals surface area (Å²) in [6.45, 7) is 0.103. The van der Waals surface area contributed by atoms with Crippen LogP contribution in [0.2, 0.25) is 0 Å². The number of thioether (sulfide) groups is 1. The molecule has 1 aromatic heterocycles. The monoisotopic (exact) mass is 318 g/mol. The van der Waals surface area contributed by atoms with Crippen molar-refractivity contribution < 1.29 is 9.59 Å². The van der Waals surface area contributed by atoms with Crippen LogP contribution in [0, 0.1) is 0 Å². The van der Waals surface area contributed by atoms with Gasteiger partial charge in [0.25, 0.3) is 11.1 Å². The van der Waals surface area contributed by atoms with Gasteiger partial charge in [0.2, 0.25) is 5.13 Å². The number of nitrogen functional groups attached to an aromatic ring is 1. The summed E-state index contributed by atoms with van der Waals surface area (Å²) in [6.07, 6.45) is 1.71. The molecule has 0 bridgehead atoms. The summed E-state index contributed by atoms with van der Waals surface area (Å²) in [6, 6.07) is 9.39. The maximum atomic E-state index is 12.3. The van der Waals surface area contributed by atoms with Crippen molar-refractivity contribution in [2.24, 2.45) is 0 Å². The van der Waals surface area contributed by atoms with Gasteiger partial charge in [-0.1, -0.05) is 41.7 Å². The SMILES string of the molecule is Nc1nnc(CN2C(=O)S/C(=C\c3ccccc3)C2=O)s1. The normalized spacial score (nSPS) is 17.0. The Morgan fingerprint density at radius 1 is 1.19 bits per heavy atom. The average molecular weight is 318 g/mol. The van der Waals surface area contributed by atoms with Gasteiger partial charge in [-0.15, -0.1) is 10.2 Å². The van der Waals surface area contributed by atoms with Crippen molar-refractivity contribution in [3.8, 4) is 0 Å². The first kappa shape index (κ1) is 13.8. The quantitative estimate of drug-likeness (QED) is 0.874. The van der Waals surface area contributed by atoms with Crippen LogP contribution in [-0.4, -0.2) is 26.2 Å². The van der Waals surface area contributed by atoms with Crippen LogP contribution in [0.25, 0.3) is 6.08 Å². The summed E-state index contributed by atoms with van der Waals surface area (Å²) in [7, 11) is 0. The highest BCUT2D eigenvalue weighted by Gasteiger charge is 2.35. The Hall–Kier alpha value is -2.19. The van der Waals surface area contributed by atoms with E-state index in [1.807, 2.05) is 30.3 Å². The molecule has 2 N–H and O–H groups in total. The number of rotatable bonds is 3. The molecule has 8 heteroatoms. The van der Waals surface area contributed by atoms with Crippen LogP contribution in [0.3, 0.4) is 0 Å². The fraction of sp³-hybridized carbons (Fsp3) is 0.0769. The standard InChI is InChI=1S/C13H10N4O2S2/c14-12-16-15-10(21-12)7-17-11(18)9(20-13(17)19)6-8-4-2-1-3-5-8/h1-6H,7H2,(H2,14,16)/b9-6-. The Labute approximate surface area is 128 Å². The largest absolute Gasteiger partial charge is 0.374 e. The second-order valence-electron chi connectivity index (χ2n) is 4.21. The second-order valence-corrected chi connectivity index (χ2v) is 6.30. The van der Waals surface area contributed by atoms with E-state index in [-0.39, 0.29) is 17.7 Å². The van der Waals surface area contributed by atoms with Crippen molar-refractivity contribution in [1.82, 2.24) is 15.1 Å². The van der Waals surface area contributed by atoms with Crippen LogP contribution in [0.1, 0.15) is 10.6 Å². The first-order valence-corrected chi connectivity index (χ1v) is 7.65. The first-order chi connectivity index (χ1) is 10.1. The second kappa shape index (κ2) is 5.66. The van der Waals surface area contributed by atoms with Crippen LogP contribution in [-0.2, 0) is 11.3 Å². The van der Waals surface area contributed by atoms with E-state index in [9.17, 15) is 9.59 Å². The Bertz CT molecular complexity index is 727. The van der Waals surface area contributed by atoms with Gasteiger partial charge >= 0.3 is 0 Å². The number of carbonyl (C=O) groups is 2. The molecular formula is C13H10N4O2S2. The maximum absolute atomic E-state index is 12.3. The molecule has 2 heterocycles. The van der Waals surface area contributed by atoms with Gasteiger partial charge in [-0.2, -0.15) is 0 Å². The number of anilines is 1. The molecule has 1 aromatic carbocycles. The number of hydrogen-bond donors (Lipinski definition) is 1. The van der Waals surface area contributed by atoms with Crippen molar-refractivity contribution >= 4 is 45.5 Å². The van der Waals surface area contributed by atoms with Crippen molar-refractivity contribution in [2.45, 2.75) is 6.54 Å². The molecule has 1 aliphatic rings. The van der Waals surface area contributed by atoms with E-state index in [1.54, 1.807) is 6.08 Å². The molecule has 21 heavy (non-hydrogen) atoms. The number of nitrogens with zero attached hydrogens (tertiary/aromatic N) is 3. The van der Waals surface area contributed by atoms with Gasteiger partial charge in [0, 0.05) is 0 Å².